The Balaban J connectivity index is 2.00. The van der Waals surface area contributed by atoms with Crippen LogP contribution in [0.1, 0.15) is 21.5 Å². The van der Waals surface area contributed by atoms with Crippen LogP contribution < -0.4 is 10.9 Å². The number of carbonyl (C=O) groups excluding carboxylic acids is 2. The average molecular weight is 388 g/mol. The summed E-state index contributed by atoms with van der Waals surface area (Å²) < 4.78 is 0.962. The molecule has 0 aliphatic carbocycles. The predicted molar refractivity (Wildman–Crippen MR) is 94.6 cm³/mol. The highest BCUT2D eigenvalue weighted by Gasteiger charge is 2.04. The number of hydrogen-bond acceptors (Lipinski definition) is 4. The Morgan fingerprint density at radius 2 is 1.83 bits per heavy atom. The summed E-state index contributed by atoms with van der Waals surface area (Å²) in [5.74, 6) is -1.02. The van der Waals surface area contributed by atoms with Gasteiger partial charge in [0.05, 0.1) is 6.21 Å². The van der Waals surface area contributed by atoms with Crippen molar-refractivity contribution in [3.63, 3.8) is 0 Å². The maximum Gasteiger partial charge on any atom is 0.271 e. The van der Waals surface area contributed by atoms with Gasteiger partial charge in [-0.05, 0) is 41.5 Å². The first kappa shape index (κ1) is 17.6. The van der Waals surface area contributed by atoms with E-state index in [1.807, 2.05) is 24.3 Å². The highest BCUT2D eigenvalue weighted by Crippen LogP contribution is 2.09. The van der Waals surface area contributed by atoms with Crippen molar-refractivity contribution in [2.45, 2.75) is 0 Å². The Kier molecular flexibility index (Phi) is 6.41. The fraction of sp³-hybridized carbons (Fsp3) is 0. The van der Waals surface area contributed by atoms with Gasteiger partial charge in [0.25, 0.3) is 11.8 Å². The van der Waals surface area contributed by atoms with E-state index in [4.69, 9.17) is 5.21 Å². The van der Waals surface area contributed by atoms with Crippen molar-refractivity contribution in [2.24, 2.45) is 5.10 Å². The van der Waals surface area contributed by atoms with Gasteiger partial charge in [-0.25, -0.2) is 10.9 Å². The summed E-state index contributed by atoms with van der Waals surface area (Å²) in [5, 5.41) is 12.3. The highest BCUT2D eigenvalue weighted by atomic mass is 79.9. The van der Waals surface area contributed by atoms with Gasteiger partial charge in [-0.15, -0.1) is 0 Å². The Hall–Kier alpha value is -2.77. The zero-order valence-corrected chi connectivity index (χ0v) is 14.0. The minimum atomic E-state index is -0.649. The van der Waals surface area contributed by atoms with E-state index < -0.39 is 5.91 Å². The molecule has 0 heterocycles. The standard InChI is InChI=1S/C17H14BrN3O3/c18-15-7-4-13(5-8-15)11-19-20-17(23)14-3-1-2-12(10-14)6-9-16(22)21-24/h1-11,24H,(H,20,23)(H,21,22). The van der Waals surface area contributed by atoms with Crippen LogP contribution in [0.2, 0.25) is 0 Å². The lowest BCUT2D eigenvalue weighted by atomic mass is 10.1. The molecule has 0 atom stereocenters. The molecule has 24 heavy (non-hydrogen) atoms. The molecule has 0 aliphatic heterocycles. The molecule has 0 aliphatic rings. The second kappa shape index (κ2) is 8.76. The van der Waals surface area contributed by atoms with E-state index in [0.29, 0.717) is 11.1 Å². The van der Waals surface area contributed by atoms with Crippen LogP contribution in [-0.4, -0.2) is 23.2 Å². The first-order valence-electron chi connectivity index (χ1n) is 6.89. The molecule has 2 rings (SSSR count). The minimum absolute atomic E-state index is 0.370. The predicted octanol–water partition coefficient (Wildman–Crippen LogP) is 2.73. The third-order valence-corrected chi connectivity index (χ3v) is 3.46. The lowest BCUT2D eigenvalue weighted by Crippen LogP contribution is -2.17. The molecular weight excluding hydrogens is 374 g/mol. The molecule has 0 saturated heterocycles. The van der Waals surface area contributed by atoms with Gasteiger partial charge in [0.1, 0.15) is 0 Å². The van der Waals surface area contributed by atoms with Gasteiger partial charge in [0.2, 0.25) is 0 Å². The first-order valence-corrected chi connectivity index (χ1v) is 7.69. The normalized spacial score (nSPS) is 10.9. The van der Waals surface area contributed by atoms with E-state index in [-0.39, 0.29) is 5.91 Å². The molecule has 2 aromatic rings. The van der Waals surface area contributed by atoms with E-state index in [2.05, 4.69) is 26.5 Å². The summed E-state index contributed by atoms with van der Waals surface area (Å²) in [6.45, 7) is 0. The van der Waals surface area contributed by atoms with Crippen molar-refractivity contribution in [1.29, 1.82) is 0 Å². The summed E-state index contributed by atoms with van der Waals surface area (Å²) in [4.78, 5) is 23.0. The fourth-order valence-corrected chi connectivity index (χ4v) is 2.04. The summed E-state index contributed by atoms with van der Waals surface area (Å²) in [6, 6.07) is 14.1. The van der Waals surface area contributed by atoms with Crippen LogP contribution in [0.15, 0.2) is 64.2 Å². The van der Waals surface area contributed by atoms with Crippen LogP contribution in [0.5, 0.6) is 0 Å². The first-order chi connectivity index (χ1) is 11.6. The molecule has 0 spiro atoms. The molecule has 3 N–H and O–H groups in total. The number of nitrogens with one attached hydrogen (secondary N) is 2. The van der Waals surface area contributed by atoms with Crippen LogP contribution >= 0.6 is 15.9 Å². The van der Waals surface area contributed by atoms with Crippen LogP contribution in [0.3, 0.4) is 0 Å². The van der Waals surface area contributed by atoms with Crippen LogP contribution in [0, 0.1) is 0 Å². The molecule has 0 unspecified atom stereocenters. The second-order valence-corrected chi connectivity index (χ2v) is 5.60. The van der Waals surface area contributed by atoms with Crippen molar-refractivity contribution in [3.05, 3.63) is 75.8 Å². The third-order valence-electron chi connectivity index (χ3n) is 2.94. The molecule has 0 radical (unpaired) electrons. The molecule has 6 nitrogen and oxygen atoms in total. The van der Waals surface area contributed by atoms with Gasteiger partial charge in [0.15, 0.2) is 0 Å². The average Bonchev–Trinajstić information content (AvgIpc) is 2.61. The van der Waals surface area contributed by atoms with E-state index in [0.717, 1.165) is 16.1 Å². The summed E-state index contributed by atoms with van der Waals surface area (Å²) in [5.41, 5.74) is 5.82. The molecule has 2 aromatic carbocycles. The zero-order valence-electron chi connectivity index (χ0n) is 12.4. The zero-order chi connectivity index (χ0) is 17.4. The van der Waals surface area contributed by atoms with E-state index in [1.165, 1.54) is 11.6 Å². The molecule has 2 amide bonds. The second-order valence-electron chi connectivity index (χ2n) is 4.69. The number of hydroxylamine groups is 1. The smallest absolute Gasteiger partial charge is 0.271 e. The number of hydrogen-bond donors (Lipinski definition) is 3. The number of rotatable bonds is 5. The van der Waals surface area contributed by atoms with Crippen LogP contribution in [-0.2, 0) is 4.79 Å². The Labute approximate surface area is 147 Å². The Morgan fingerprint density at radius 3 is 2.54 bits per heavy atom. The molecule has 0 saturated carbocycles. The van der Waals surface area contributed by atoms with Crippen LogP contribution in [0.25, 0.3) is 6.08 Å². The SMILES string of the molecule is O=C(C=Cc1cccc(C(=O)NN=Cc2ccc(Br)cc2)c1)NO. The molecule has 122 valence electrons. The lowest BCUT2D eigenvalue weighted by molar-refractivity contribution is -0.124. The van der Waals surface area contributed by atoms with Gasteiger partial charge in [0, 0.05) is 16.1 Å². The van der Waals surface area contributed by atoms with E-state index >= 15 is 0 Å². The van der Waals surface area contributed by atoms with Gasteiger partial charge in [-0.3, -0.25) is 14.8 Å². The Bertz CT molecular complexity index is 786. The third kappa shape index (κ3) is 5.45. The van der Waals surface area contributed by atoms with Gasteiger partial charge in [-0.1, -0.05) is 40.2 Å². The van der Waals surface area contributed by atoms with Crippen molar-refractivity contribution in [2.75, 3.05) is 0 Å². The minimum Gasteiger partial charge on any atom is -0.288 e. The van der Waals surface area contributed by atoms with E-state index in [1.54, 1.807) is 30.5 Å². The fourth-order valence-electron chi connectivity index (χ4n) is 1.77. The lowest BCUT2D eigenvalue weighted by Gasteiger charge is -2.01. The van der Waals surface area contributed by atoms with Crippen molar-refractivity contribution in [1.82, 2.24) is 10.9 Å². The number of carbonyl (C=O) groups is 2. The van der Waals surface area contributed by atoms with Crippen molar-refractivity contribution < 1.29 is 14.8 Å². The number of benzene rings is 2. The molecule has 0 bridgehead atoms. The largest absolute Gasteiger partial charge is 0.288 e. The number of nitrogens with zero attached hydrogens (tertiary/aromatic N) is 1. The molecule has 0 aromatic heterocycles. The summed E-state index contributed by atoms with van der Waals surface area (Å²) in [6.07, 6.45) is 4.18. The molecule has 0 fully saturated rings. The maximum absolute atomic E-state index is 12.1. The van der Waals surface area contributed by atoms with Gasteiger partial charge >= 0.3 is 0 Å². The van der Waals surface area contributed by atoms with Crippen molar-refractivity contribution in [3.8, 4) is 0 Å². The number of halogens is 1. The van der Waals surface area contributed by atoms with E-state index in [9.17, 15) is 9.59 Å². The van der Waals surface area contributed by atoms with Gasteiger partial charge < -0.3 is 0 Å². The number of amides is 2. The molecular formula is C17H14BrN3O3. The maximum atomic E-state index is 12.1. The topological polar surface area (TPSA) is 90.8 Å². The summed E-state index contributed by atoms with van der Waals surface area (Å²) in [7, 11) is 0. The van der Waals surface area contributed by atoms with Gasteiger partial charge in [-0.2, -0.15) is 5.10 Å². The van der Waals surface area contributed by atoms with Crippen molar-refractivity contribution >= 4 is 40.0 Å². The molecule has 7 heteroatoms. The monoisotopic (exact) mass is 387 g/mol. The number of hydrazone groups is 1. The summed E-state index contributed by atoms with van der Waals surface area (Å²) >= 11 is 3.34. The quantitative estimate of drug-likeness (QED) is 0.318. The van der Waals surface area contributed by atoms with Crippen LogP contribution in [0.4, 0.5) is 0 Å². The Morgan fingerprint density at radius 1 is 1.08 bits per heavy atom. The highest BCUT2D eigenvalue weighted by molar-refractivity contribution is 9.10.